The first-order valence-electron chi connectivity index (χ1n) is 36.9. The minimum absolute atomic E-state index is 0.160. The average Bonchev–Trinajstić information content (AvgIpc) is 0.784. The van der Waals surface area contributed by atoms with Crippen LogP contribution in [0, 0.1) is 0 Å². The van der Waals surface area contributed by atoms with Crippen LogP contribution in [0.1, 0.15) is 66.8 Å². The van der Waals surface area contributed by atoms with Crippen LogP contribution in [0.4, 0.5) is 0 Å². The first-order valence-corrected chi connectivity index (χ1v) is 58.4. The summed E-state index contributed by atoms with van der Waals surface area (Å²) in [6.45, 7) is -10.3. The van der Waals surface area contributed by atoms with Crippen molar-refractivity contribution >= 4 is 91.1 Å². The van der Waals surface area contributed by atoms with Crippen molar-refractivity contribution in [2.75, 3.05) is 153 Å². The van der Waals surface area contributed by atoms with Gasteiger partial charge in [-0.1, -0.05) is 0 Å². The van der Waals surface area contributed by atoms with Crippen LogP contribution >= 0.6 is 91.1 Å². The third kappa shape index (κ3) is 41.7. The molecule has 60 heteroatoms. The maximum absolute atomic E-state index is 12.6. The number of ether oxygens (including phenoxy) is 12. The van der Waals surface area contributed by atoms with Gasteiger partial charge in [0.25, 0.3) is 0 Å². The molecule has 22 rings (SSSR count). The van der Waals surface area contributed by atoms with Crippen molar-refractivity contribution in [2.24, 2.45) is 0 Å². The SMILES string of the molecule is O=P(O)(O)CCOc1cc2c(OCCP(=O)(O)O)cc1Cc1cc(OCCP(=O)(O)O)c(cc1OCCP(=O)(O)O)Cc1cc(OCCP(=O)(O)O)c(cc1OCCP(=O)(O)O)Cc1cc(OCCP(=O)(O)O)c(cc1OCCP(=O)(O)O)Cc1cc(OCCP(=O)(O)O)c(cc1OCCP(=O)(O)O)Cc1cc(OCCP(=O)(O)O)c(cc1OCCP(=O)(O)O)C2. The molecule has 708 valence electrons. The van der Waals surface area contributed by atoms with Gasteiger partial charge in [-0.2, -0.15) is 0 Å². The molecule has 24 N–H and O–H groups in total. The van der Waals surface area contributed by atoms with Crippen molar-refractivity contribution in [3.05, 3.63) is 140 Å². The second-order valence-corrected chi connectivity index (χ2v) is 49.6. The predicted octanol–water partition coefficient (Wildman–Crippen LogP) is 4.22. The molecule has 0 spiro atoms. The zero-order valence-electron chi connectivity index (χ0n) is 66.0. The maximum Gasteiger partial charge on any atom is 0.328 e. The van der Waals surface area contributed by atoms with Gasteiger partial charge in [-0.25, -0.2) is 0 Å². The van der Waals surface area contributed by atoms with Gasteiger partial charge in [-0.3, -0.25) is 54.8 Å². The largest absolute Gasteiger partial charge is 0.493 e. The summed E-state index contributed by atoms with van der Waals surface area (Å²) < 4.78 is 224. The molecular formula is C66H96O48P12. The summed E-state index contributed by atoms with van der Waals surface area (Å²) in [5, 5.41) is 0. The Balaban J connectivity index is 1.75. The highest BCUT2D eigenvalue weighted by molar-refractivity contribution is 7.54. The van der Waals surface area contributed by atoms with Gasteiger partial charge in [0.05, 0.1) is 153 Å². The summed E-state index contributed by atoms with van der Waals surface area (Å²) in [6.07, 6.45) is -16.2. The van der Waals surface area contributed by atoms with Crippen molar-refractivity contribution < 1.29 is 229 Å². The summed E-state index contributed by atoms with van der Waals surface area (Å²) in [4.78, 5) is 244. The fourth-order valence-corrected chi connectivity index (χ4v) is 15.6. The van der Waals surface area contributed by atoms with Crippen LogP contribution in [0.25, 0.3) is 0 Å². The van der Waals surface area contributed by atoms with Gasteiger partial charge in [0.1, 0.15) is 69.0 Å². The molecule has 0 fully saturated rings. The molecule has 6 aromatic carbocycles. The van der Waals surface area contributed by atoms with Crippen molar-refractivity contribution in [2.45, 2.75) is 38.5 Å². The monoisotopic (exact) mass is 2030 g/mol. The van der Waals surface area contributed by atoms with E-state index < -0.39 is 283 Å². The van der Waals surface area contributed by atoms with E-state index in [2.05, 4.69) is 0 Å². The molecular weight excluding hydrogens is 1930 g/mol. The molecule has 0 atom stereocenters. The topological polar surface area (TPSA) is 801 Å². The lowest BCUT2D eigenvalue weighted by atomic mass is 9.92. The molecule has 0 unspecified atom stereocenters. The Bertz CT molecular complexity index is 4230. The van der Waals surface area contributed by atoms with Gasteiger partial charge in [0, 0.05) is 105 Å². The van der Waals surface area contributed by atoms with Gasteiger partial charge >= 0.3 is 91.1 Å². The zero-order chi connectivity index (χ0) is 94.0. The molecule has 126 heavy (non-hydrogen) atoms. The molecule has 16 aliphatic carbocycles. The van der Waals surface area contributed by atoms with Gasteiger partial charge < -0.3 is 174 Å². The molecule has 0 amide bonds. The van der Waals surface area contributed by atoms with E-state index in [0.717, 1.165) is 72.8 Å². The van der Waals surface area contributed by atoms with Crippen molar-refractivity contribution in [3.63, 3.8) is 0 Å². The second-order valence-electron chi connectivity index (χ2n) is 28.3. The number of rotatable bonds is 48. The van der Waals surface area contributed by atoms with Crippen LogP contribution in [0.15, 0.2) is 72.8 Å². The van der Waals surface area contributed by atoms with Crippen LogP contribution < -0.4 is 56.8 Å². The van der Waals surface area contributed by atoms with E-state index in [1.807, 2.05) is 0 Å². The third-order valence-corrected chi connectivity index (χ3v) is 26.6. The smallest absolute Gasteiger partial charge is 0.328 e. The third-order valence-electron chi connectivity index (χ3n) is 17.4. The van der Waals surface area contributed by atoms with E-state index >= 15 is 0 Å². The minimum atomic E-state index is -5.00. The van der Waals surface area contributed by atoms with Crippen molar-refractivity contribution in [1.29, 1.82) is 0 Å². The predicted molar refractivity (Wildman–Crippen MR) is 444 cm³/mol. The molecule has 0 radical (unpaired) electrons. The van der Waals surface area contributed by atoms with Gasteiger partial charge in [-0.15, -0.1) is 0 Å². The Labute approximate surface area is 717 Å². The van der Waals surface area contributed by atoms with Crippen LogP contribution in [0.2, 0.25) is 0 Å². The van der Waals surface area contributed by atoms with Gasteiger partial charge in [0.15, 0.2) is 0 Å². The summed E-state index contributed by atoms with van der Waals surface area (Å²) in [6, 6.07) is 13.9. The quantitative estimate of drug-likeness (QED) is 0.0237. The lowest BCUT2D eigenvalue weighted by Crippen LogP contribution is -2.13. The van der Waals surface area contributed by atoms with Gasteiger partial charge in [0.2, 0.25) is 0 Å². The summed E-state index contributed by atoms with van der Waals surface area (Å²) >= 11 is 0. The molecule has 16 aliphatic rings. The van der Waals surface area contributed by atoms with Gasteiger partial charge in [-0.05, 0) is 72.8 Å². The molecule has 0 heterocycles. The van der Waals surface area contributed by atoms with E-state index in [-0.39, 0.29) is 136 Å². The highest BCUT2D eigenvalue weighted by Crippen LogP contribution is 2.49. The van der Waals surface area contributed by atoms with E-state index in [9.17, 15) is 172 Å². The standard InChI is InChI=1S/C66H96O48P12/c67-115(68,69)13-1-103-55-31-44-26-46-34-60(108-6-18-120(82,83)84)48(36-59(46)107-5-17-119(79,80)81)28-50-38-64(112-10-22-124(94,95)96)52(40-63(50)111-9-21-123(91,92)93)30-54-42-65(113-11-23-125(97,98)99)53(41-66(54)114-12-24-126(100,101)102)29-51-39-61(109-7-19-121(85,86)87)49(37-62(51)110-8-20-122(88,89)90)27-47-35-57(105-3-15-117(73,74)75)45(33-58(47)106-4-16-118(76,77)78)25-43(55)32-56(44)104-2-14-116(70,71)72/h31-42H,1-30H2,(H2,67,68,69)(H2,70,71,72)(H2,73,74,75)(H2,76,77,78)(H2,79,80,81)(H2,82,83,84)(H2,85,86,87)(H2,88,89,90)(H2,91,92,93)(H2,94,95,96)(H2,97,98,99)(H2,100,101,102). The molecule has 12 bridgehead atoms. The van der Waals surface area contributed by atoms with Crippen LogP contribution in [0.3, 0.4) is 0 Å². The normalized spacial score (nSPS) is 13.7. The van der Waals surface area contributed by atoms with Crippen molar-refractivity contribution in [3.8, 4) is 69.0 Å². The Hall–Kier alpha value is -5.28. The van der Waals surface area contributed by atoms with E-state index in [1.54, 1.807) is 0 Å². The zero-order valence-corrected chi connectivity index (χ0v) is 76.8. The molecule has 0 aliphatic heterocycles. The molecule has 6 aromatic rings. The maximum atomic E-state index is 12.6. The summed E-state index contributed by atoms with van der Waals surface area (Å²) in [7, 11) is -60.0. The summed E-state index contributed by atoms with van der Waals surface area (Å²) in [5.74, 6) is -4.45. The lowest BCUT2D eigenvalue weighted by Gasteiger charge is -2.24. The first kappa shape index (κ1) is 108. The molecule has 0 saturated heterocycles. The van der Waals surface area contributed by atoms with Crippen LogP contribution in [-0.4, -0.2) is 271 Å². The number of benzene rings is 6. The molecule has 0 saturated carbocycles. The Morgan fingerprint density at radius 1 is 0.143 bits per heavy atom. The van der Waals surface area contributed by atoms with E-state index in [0.29, 0.717) is 0 Å². The van der Waals surface area contributed by atoms with Crippen molar-refractivity contribution in [1.82, 2.24) is 0 Å². The average molecular weight is 2030 g/mol. The lowest BCUT2D eigenvalue weighted by molar-refractivity contribution is 0.300. The summed E-state index contributed by atoms with van der Waals surface area (Å²) in [5.41, 5.74) is -1.92. The highest BCUT2D eigenvalue weighted by Gasteiger charge is 2.31. The second kappa shape index (κ2) is 45.4. The Kier molecular flexibility index (Phi) is 38.9. The first-order chi connectivity index (χ1) is 57.8. The molecule has 0 aromatic heterocycles. The van der Waals surface area contributed by atoms with Crippen LogP contribution in [0.5, 0.6) is 69.0 Å². The van der Waals surface area contributed by atoms with Crippen LogP contribution in [-0.2, 0) is 93.3 Å². The van der Waals surface area contributed by atoms with E-state index in [4.69, 9.17) is 56.8 Å². The Morgan fingerprint density at radius 2 is 0.206 bits per heavy atom. The fourth-order valence-electron chi connectivity index (χ4n) is 11.7. The minimum Gasteiger partial charge on any atom is -0.493 e. The highest BCUT2D eigenvalue weighted by atomic mass is 31.2. The number of hydrogen-bond acceptors (Lipinski definition) is 24. The fraction of sp³-hybridized carbons (Fsp3) is 0.455. The number of hydrogen-bond donors (Lipinski definition) is 24. The molecule has 48 nitrogen and oxygen atoms in total. The van der Waals surface area contributed by atoms with E-state index in [1.165, 1.54) is 0 Å². The Morgan fingerprint density at radius 3 is 0.262 bits per heavy atom.